The average Bonchev–Trinajstić information content (AvgIpc) is 3.48. The van der Waals surface area contributed by atoms with Crippen molar-refractivity contribution in [2.24, 2.45) is 10.9 Å². The number of rotatable bonds is 10. The van der Waals surface area contributed by atoms with Crippen LogP contribution >= 0.6 is 0 Å². The highest BCUT2D eigenvalue weighted by Crippen LogP contribution is 2.18. The summed E-state index contributed by atoms with van der Waals surface area (Å²) in [5.41, 5.74) is 0. The SMILES string of the molecule is CCNC(=NCCCCCC(=O)N1CCN(C(=O)CC(C)C)CC1)NC1CC1. The number of carbonyl (C=O) groups excluding carboxylic acids is 2. The summed E-state index contributed by atoms with van der Waals surface area (Å²) in [4.78, 5) is 32.9. The molecule has 2 N–H and O–H groups in total. The predicted octanol–water partition coefficient (Wildman–Crippen LogP) is 1.98. The normalized spacial score (nSPS) is 17.8. The zero-order valence-corrected chi connectivity index (χ0v) is 18.0. The monoisotopic (exact) mass is 393 g/mol. The summed E-state index contributed by atoms with van der Waals surface area (Å²) in [6, 6.07) is 0.608. The van der Waals surface area contributed by atoms with Crippen LogP contribution in [0.5, 0.6) is 0 Å². The number of unbranched alkanes of at least 4 members (excludes halogenated alkanes) is 2. The van der Waals surface area contributed by atoms with E-state index in [2.05, 4.69) is 36.4 Å². The third-order valence-corrected chi connectivity index (χ3v) is 5.15. The van der Waals surface area contributed by atoms with Gasteiger partial charge in [0.05, 0.1) is 0 Å². The molecule has 0 spiro atoms. The summed E-state index contributed by atoms with van der Waals surface area (Å²) >= 11 is 0. The molecule has 1 aliphatic heterocycles. The van der Waals surface area contributed by atoms with Crippen LogP contribution in [-0.4, -0.2) is 72.9 Å². The molecular weight excluding hydrogens is 354 g/mol. The molecule has 2 fully saturated rings. The van der Waals surface area contributed by atoms with E-state index < -0.39 is 0 Å². The predicted molar refractivity (Wildman–Crippen MR) is 113 cm³/mol. The van der Waals surface area contributed by atoms with Gasteiger partial charge in [-0.2, -0.15) is 0 Å². The number of nitrogens with one attached hydrogen (secondary N) is 2. The van der Waals surface area contributed by atoms with Gasteiger partial charge in [0.1, 0.15) is 0 Å². The Labute approximate surface area is 170 Å². The van der Waals surface area contributed by atoms with Crippen LogP contribution in [0.2, 0.25) is 0 Å². The fourth-order valence-electron chi connectivity index (χ4n) is 3.34. The molecule has 1 heterocycles. The zero-order chi connectivity index (χ0) is 20.4. The van der Waals surface area contributed by atoms with Crippen LogP contribution in [0.3, 0.4) is 0 Å². The number of nitrogens with zero attached hydrogens (tertiary/aromatic N) is 3. The first-order chi connectivity index (χ1) is 13.5. The molecule has 1 aliphatic carbocycles. The van der Waals surface area contributed by atoms with Crippen molar-refractivity contribution >= 4 is 17.8 Å². The van der Waals surface area contributed by atoms with Gasteiger partial charge in [-0.05, 0) is 38.5 Å². The molecule has 2 aliphatic rings. The van der Waals surface area contributed by atoms with Crippen LogP contribution in [0.25, 0.3) is 0 Å². The van der Waals surface area contributed by atoms with Crippen LogP contribution in [-0.2, 0) is 9.59 Å². The quantitative estimate of drug-likeness (QED) is 0.338. The van der Waals surface area contributed by atoms with Gasteiger partial charge in [-0.3, -0.25) is 14.6 Å². The first-order valence-electron chi connectivity index (χ1n) is 11.1. The van der Waals surface area contributed by atoms with Crippen molar-refractivity contribution in [3.8, 4) is 0 Å². The number of carbonyl (C=O) groups is 2. The van der Waals surface area contributed by atoms with E-state index in [4.69, 9.17) is 0 Å². The molecule has 2 rings (SSSR count). The smallest absolute Gasteiger partial charge is 0.222 e. The topological polar surface area (TPSA) is 77.0 Å². The van der Waals surface area contributed by atoms with Gasteiger partial charge in [-0.1, -0.05) is 20.3 Å². The maximum Gasteiger partial charge on any atom is 0.222 e. The van der Waals surface area contributed by atoms with Gasteiger partial charge in [-0.15, -0.1) is 0 Å². The lowest BCUT2D eigenvalue weighted by Crippen LogP contribution is -2.50. The Morgan fingerprint density at radius 2 is 1.64 bits per heavy atom. The number of hydrogen-bond acceptors (Lipinski definition) is 3. The Morgan fingerprint density at radius 1 is 1.00 bits per heavy atom. The second-order valence-corrected chi connectivity index (χ2v) is 8.35. The summed E-state index contributed by atoms with van der Waals surface area (Å²) in [6.45, 7) is 10.6. The molecule has 7 heteroatoms. The molecule has 28 heavy (non-hydrogen) atoms. The van der Waals surface area contributed by atoms with Crippen LogP contribution < -0.4 is 10.6 Å². The molecule has 0 aromatic rings. The fourth-order valence-corrected chi connectivity index (χ4v) is 3.34. The highest BCUT2D eigenvalue weighted by Gasteiger charge is 2.24. The molecule has 160 valence electrons. The number of hydrogen-bond donors (Lipinski definition) is 2. The van der Waals surface area contributed by atoms with E-state index >= 15 is 0 Å². The van der Waals surface area contributed by atoms with Crippen LogP contribution in [0, 0.1) is 5.92 Å². The Balaban J connectivity index is 1.55. The van der Waals surface area contributed by atoms with Crippen molar-refractivity contribution in [1.82, 2.24) is 20.4 Å². The minimum atomic E-state index is 0.218. The number of amides is 2. The number of piperazine rings is 1. The summed E-state index contributed by atoms with van der Waals surface area (Å²) in [7, 11) is 0. The maximum atomic E-state index is 12.4. The number of guanidine groups is 1. The first kappa shape index (κ1) is 22.5. The molecule has 1 saturated heterocycles. The molecule has 0 aromatic heterocycles. The van der Waals surface area contributed by atoms with Gasteiger partial charge in [0.2, 0.25) is 11.8 Å². The Kier molecular flexibility index (Phi) is 9.58. The Bertz CT molecular complexity index is 523. The van der Waals surface area contributed by atoms with Gasteiger partial charge < -0.3 is 20.4 Å². The van der Waals surface area contributed by atoms with Crippen LogP contribution in [0.15, 0.2) is 4.99 Å². The molecule has 0 aromatic carbocycles. The molecule has 0 radical (unpaired) electrons. The highest BCUT2D eigenvalue weighted by molar-refractivity contribution is 5.80. The molecule has 1 saturated carbocycles. The van der Waals surface area contributed by atoms with E-state index in [0.717, 1.165) is 38.3 Å². The minimum absolute atomic E-state index is 0.218. The second-order valence-electron chi connectivity index (χ2n) is 8.35. The standard InChI is InChI=1S/C21H39N5O2/c1-4-22-21(24-18-9-10-18)23-11-7-5-6-8-19(27)25-12-14-26(15-13-25)20(28)16-17(2)3/h17-18H,4-16H2,1-3H3,(H2,22,23,24). The second kappa shape index (κ2) is 11.9. The molecule has 0 unspecified atom stereocenters. The van der Waals surface area contributed by atoms with E-state index in [1.54, 1.807) is 0 Å². The van der Waals surface area contributed by atoms with Gasteiger partial charge in [0.15, 0.2) is 5.96 Å². The number of aliphatic imine (C=N–C) groups is 1. The van der Waals surface area contributed by atoms with E-state index in [1.165, 1.54) is 12.8 Å². The molecule has 0 atom stereocenters. The van der Waals surface area contributed by atoms with E-state index in [1.807, 2.05) is 9.80 Å². The minimum Gasteiger partial charge on any atom is -0.357 e. The summed E-state index contributed by atoms with van der Waals surface area (Å²) in [6.07, 6.45) is 6.62. The lowest BCUT2D eigenvalue weighted by Gasteiger charge is -2.35. The largest absolute Gasteiger partial charge is 0.357 e. The van der Waals surface area contributed by atoms with Crippen molar-refractivity contribution in [2.75, 3.05) is 39.3 Å². The van der Waals surface area contributed by atoms with Crippen LogP contribution in [0.1, 0.15) is 65.7 Å². The molecule has 7 nitrogen and oxygen atoms in total. The highest BCUT2D eigenvalue weighted by atomic mass is 16.2. The maximum absolute atomic E-state index is 12.4. The van der Waals surface area contributed by atoms with Gasteiger partial charge in [0, 0.05) is 58.2 Å². The Morgan fingerprint density at radius 3 is 2.21 bits per heavy atom. The third-order valence-electron chi connectivity index (χ3n) is 5.15. The van der Waals surface area contributed by atoms with Crippen molar-refractivity contribution in [1.29, 1.82) is 0 Å². The fraction of sp³-hybridized carbons (Fsp3) is 0.857. The summed E-state index contributed by atoms with van der Waals surface area (Å²) in [5.74, 6) is 1.75. The van der Waals surface area contributed by atoms with E-state index in [9.17, 15) is 9.59 Å². The van der Waals surface area contributed by atoms with Gasteiger partial charge in [-0.25, -0.2) is 0 Å². The van der Waals surface area contributed by atoms with Gasteiger partial charge in [0.25, 0.3) is 0 Å². The van der Waals surface area contributed by atoms with Crippen LogP contribution in [0.4, 0.5) is 0 Å². The molecular formula is C21H39N5O2. The molecule has 2 amide bonds. The van der Waals surface area contributed by atoms with Crippen molar-refractivity contribution in [3.05, 3.63) is 0 Å². The molecule has 0 bridgehead atoms. The first-order valence-corrected chi connectivity index (χ1v) is 11.1. The van der Waals surface area contributed by atoms with E-state index in [-0.39, 0.29) is 11.8 Å². The lowest BCUT2D eigenvalue weighted by molar-refractivity contribution is -0.140. The zero-order valence-electron chi connectivity index (χ0n) is 18.0. The summed E-state index contributed by atoms with van der Waals surface area (Å²) < 4.78 is 0. The van der Waals surface area contributed by atoms with E-state index in [0.29, 0.717) is 51.0 Å². The van der Waals surface area contributed by atoms with Crippen molar-refractivity contribution in [2.45, 2.75) is 71.8 Å². The third kappa shape index (κ3) is 8.48. The van der Waals surface area contributed by atoms with Crippen molar-refractivity contribution in [3.63, 3.8) is 0 Å². The lowest BCUT2D eigenvalue weighted by atomic mass is 10.1. The summed E-state index contributed by atoms with van der Waals surface area (Å²) in [5, 5.41) is 6.69. The van der Waals surface area contributed by atoms with Crippen molar-refractivity contribution < 1.29 is 9.59 Å². The van der Waals surface area contributed by atoms with Gasteiger partial charge >= 0.3 is 0 Å². The Hall–Kier alpha value is -1.79. The average molecular weight is 394 g/mol.